The number of hydrogen-bond donors (Lipinski definition) is 2. The molecule has 6 nitrogen and oxygen atoms in total. The summed E-state index contributed by atoms with van der Waals surface area (Å²) in [6.07, 6.45) is 1.35. The van der Waals surface area contributed by atoms with Crippen molar-refractivity contribution in [1.82, 2.24) is 9.78 Å². The van der Waals surface area contributed by atoms with Gasteiger partial charge in [-0.1, -0.05) is 15.9 Å². The number of aryl methyl sites for hydroxylation is 1. The van der Waals surface area contributed by atoms with E-state index in [2.05, 4.69) is 41.7 Å². The fourth-order valence-corrected chi connectivity index (χ4v) is 3.48. The first-order valence-electron chi connectivity index (χ1n) is 5.06. The highest BCUT2D eigenvalue weighted by atomic mass is 79.9. The summed E-state index contributed by atoms with van der Waals surface area (Å²) in [6.45, 7) is 0. The Labute approximate surface area is 127 Å². The molecule has 9 heteroatoms. The molecule has 1 aromatic carbocycles. The van der Waals surface area contributed by atoms with Gasteiger partial charge in [-0.25, -0.2) is 8.42 Å². The minimum atomic E-state index is -3.77. The van der Waals surface area contributed by atoms with Crippen molar-refractivity contribution >= 4 is 53.4 Å². The van der Waals surface area contributed by atoms with Gasteiger partial charge in [0.2, 0.25) is 0 Å². The molecule has 0 aliphatic rings. The Morgan fingerprint density at radius 1 is 1.37 bits per heavy atom. The first-order chi connectivity index (χ1) is 8.79. The highest BCUT2D eigenvalue weighted by Crippen LogP contribution is 2.29. The molecule has 0 unspecified atom stereocenters. The maximum Gasteiger partial charge on any atom is 0.267 e. The summed E-state index contributed by atoms with van der Waals surface area (Å²) >= 11 is 6.56. The van der Waals surface area contributed by atoms with E-state index in [-0.39, 0.29) is 10.7 Å². The van der Waals surface area contributed by atoms with Crippen LogP contribution in [0, 0.1) is 0 Å². The molecule has 0 amide bonds. The zero-order chi connectivity index (χ0) is 14.2. The number of nitrogens with zero attached hydrogens (tertiary/aromatic N) is 2. The van der Waals surface area contributed by atoms with Crippen LogP contribution in [0.15, 0.2) is 38.2 Å². The third kappa shape index (κ3) is 3.10. The Balaban J connectivity index is 2.42. The van der Waals surface area contributed by atoms with Gasteiger partial charge in [0.1, 0.15) is 4.90 Å². The lowest BCUT2D eigenvalue weighted by molar-refractivity contribution is 0.601. The fourth-order valence-electron chi connectivity index (χ4n) is 1.47. The number of benzene rings is 1. The number of nitrogen functional groups attached to an aromatic ring is 1. The standard InChI is InChI=1S/C10H10Br2N4O2S/c1-16-5-9(10(13)14-16)19(17,18)15-8-4-6(11)2-3-7(8)12/h2-5,15H,1H3,(H2,13,14). The number of rotatable bonds is 3. The normalized spacial score (nSPS) is 11.5. The van der Waals surface area contributed by atoms with Crippen LogP contribution in [0.4, 0.5) is 11.5 Å². The largest absolute Gasteiger partial charge is 0.381 e. The number of halogens is 2. The predicted octanol–water partition coefficient (Wildman–Crippen LogP) is 2.33. The Morgan fingerprint density at radius 3 is 2.63 bits per heavy atom. The molecular weight excluding hydrogens is 400 g/mol. The van der Waals surface area contributed by atoms with Crippen molar-refractivity contribution in [3.8, 4) is 0 Å². The Bertz CT molecular complexity index is 727. The summed E-state index contributed by atoms with van der Waals surface area (Å²) in [5, 5.41) is 3.81. The smallest absolute Gasteiger partial charge is 0.267 e. The maximum absolute atomic E-state index is 12.2. The average molecular weight is 410 g/mol. The molecule has 2 rings (SSSR count). The van der Waals surface area contributed by atoms with Gasteiger partial charge in [0, 0.05) is 22.2 Å². The van der Waals surface area contributed by atoms with Crippen molar-refractivity contribution in [1.29, 1.82) is 0 Å². The van der Waals surface area contributed by atoms with Gasteiger partial charge in [0.05, 0.1) is 5.69 Å². The summed E-state index contributed by atoms with van der Waals surface area (Å²) in [7, 11) is -2.17. The number of anilines is 2. The Morgan fingerprint density at radius 2 is 2.05 bits per heavy atom. The molecule has 1 aromatic heterocycles. The zero-order valence-corrected chi connectivity index (χ0v) is 13.8. The lowest BCUT2D eigenvalue weighted by Gasteiger charge is -2.09. The van der Waals surface area contributed by atoms with Crippen molar-refractivity contribution in [3.63, 3.8) is 0 Å². The first kappa shape index (κ1) is 14.4. The molecule has 19 heavy (non-hydrogen) atoms. The second kappa shape index (κ2) is 5.14. The van der Waals surface area contributed by atoms with Gasteiger partial charge in [-0.2, -0.15) is 5.10 Å². The minimum absolute atomic E-state index is 0.0406. The van der Waals surface area contributed by atoms with Gasteiger partial charge < -0.3 is 5.73 Å². The van der Waals surface area contributed by atoms with Crippen LogP contribution in [0.25, 0.3) is 0 Å². The van der Waals surface area contributed by atoms with E-state index in [1.165, 1.54) is 10.9 Å². The van der Waals surface area contributed by atoms with Crippen LogP contribution in [0.1, 0.15) is 0 Å². The van der Waals surface area contributed by atoms with Gasteiger partial charge in [-0.05, 0) is 34.1 Å². The maximum atomic E-state index is 12.2. The molecule has 0 aliphatic carbocycles. The SMILES string of the molecule is Cn1cc(S(=O)(=O)Nc2cc(Br)ccc2Br)c(N)n1. The zero-order valence-electron chi connectivity index (χ0n) is 9.76. The van der Waals surface area contributed by atoms with Crippen LogP contribution < -0.4 is 10.5 Å². The van der Waals surface area contributed by atoms with Gasteiger partial charge in [0.15, 0.2) is 5.82 Å². The van der Waals surface area contributed by atoms with E-state index in [0.29, 0.717) is 10.2 Å². The monoisotopic (exact) mass is 408 g/mol. The Kier molecular flexibility index (Phi) is 3.88. The molecular formula is C10H10Br2N4O2S. The van der Waals surface area contributed by atoms with Crippen molar-refractivity contribution < 1.29 is 8.42 Å². The van der Waals surface area contributed by atoms with Crippen LogP contribution in [0.3, 0.4) is 0 Å². The summed E-state index contributed by atoms with van der Waals surface area (Å²) in [5.74, 6) is -0.0406. The number of nitrogens with one attached hydrogen (secondary N) is 1. The average Bonchev–Trinajstić information content (AvgIpc) is 2.63. The number of hydrogen-bond acceptors (Lipinski definition) is 4. The molecule has 102 valence electrons. The van der Waals surface area contributed by atoms with Crippen LogP contribution >= 0.6 is 31.9 Å². The molecule has 0 fully saturated rings. The second-order valence-electron chi connectivity index (χ2n) is 3.78. The molecule has 0 radical (unpaired) electrons. The van der Waals surface area contributed by atoms with Crippen molar-refractivity contribution in [2.45, 2.75) is 4.90 Å². The lowest BCUT2D eigenvalue weighted by Crippen LogP contribution is -2.14. The number of nitrogens with two attached hydrogens (primary N) is 1. The molecule has 0 saturated carbocycles. The number of sulfonamides is 1. The topological polar surface area (TPSA) is 90.0 Å². The fraction of sp³-hybridized carbons (Fsp3) is 0.100. The summed E-state index contributed by atoms with van der Waals surface area (Å²) < 4.78 is 29.6. The van der Waals surface area contributed by atoms with E-state index in [1.54, 1.807) is 25.2 Å². The summed E-state index contributed by atoms with van der Waals surface area (Å²) in [4.78, 5) is -0.0538. The summed E-state index contributed by atoms with van der Waals surface area (Å²) in [6, 6.07) is 5.17. The molecule has 1 heterocycles. The van der Waals surface area contributed by atoms with E-state index in [1.807, 2.05) is 0 Å². The van der Waals surface area contributed by atoms with E-state index >= 15 is 0 Å². The molecule has 0 saturated heterocycles. The van der Waals surface area contributed by atoms with E-state index in [9.17, 15) is 8.42 Å². The first-order valence-corrected chi connectivity index (χ1v) is 8.13. The van der Waals surface area contributed by atoms with Crippen LogP contribution in [-0.2, 0) is 17.1 Å². The van der Waals surface area contributed by atoms with Gasteiger partial charge in [-0.15, -0.1) is 0 Å². The van der Waals surface area contributed by atoms with Gasteiger partial charge >= 0.3 is 0 Å². The van der Waals surface area contributed by atoms with Gasteiger partial charge in [-0.3, -0.25) is 9.40 Å². The quantitative estimate of drug-likeness (QED) is 0.813. The van der Waals surface area contributed by atoms with Crippen LogP contribution in [0.2, 0.25) is 0 Å². The van der Waals surface area contributed by atoms with Crippen molar-refractivity contribution in [2.75, 3.05) is 10.5 Å². The predicted molar refractivity (Wildman–Crippen MR) is 80.3 cm³/mol. The van der Waals surface area contributed by atoms with Crippen molar-refractivity contribution in [3.05, 3.63) is 33.3 Å². The van der Waals surface area contributed by atoms with E-state index in [0.717, 1.165) is 4.47 Å². The molecule has 0 bridgehead atoms. The third-order valence-corrected chi connectivity index (χ3v) is 4.85. The lowest BCUT2D eigenvalue weighted by atomic mass is 10.3. The van der Waals surface area contributed by atoms with Crippen LogP contribution in [-0.4, -0.2) is 18.2 Å². The highest BCUT2D eigenvalue weighted by molar-refractivity contribution is 9.11. The highest BCUT2D eigenvalue weighted by Gasteiger charge is 2.21. The molecule has 0 aliphatic heterocycles. The van der Waals surface area contributed by atoms with E-state index < -0.39 is 10.0 Å². The molecule has 3 N–H and O–H groups in total. The molecule has 0 atom stereocenters. The minimum Gasteiger partial charge on any atom is -0.381 e. The Hall–Kier alpha value is -1.06. The van der Waals surface area contributed by atoms with Crippen LogP contribution in [0.5, 0.6) is 0 Å². The summed E-state index contributed by atoms with van der Waals surface area (Å²) in [5.41, 5.74) is 5.99. The molecule has 2 aromatic rings. The molecule has 0 spiro atoms. The second-order valence-corrected chi connectivity index (χ2v) is 7.20. The van der Waals surface area contributed by atoms with Gasteiger partial charge in [0.25, 0.3) is 10.0 Å². The third-order valence-electron chi connectivity index (χ3n) is 2.28. The number of aromatic nitrogens is 2. The van der Waals surface area contributed by atoms with E-state index in [4.69, 9.17) is 5.73 Å². The van der Waals surface area contributed by atoms with Crippen molar-refractivity contribution in [2.24, 2.45) is 7.05 Å².